The summed E-state index contributed by atoms with van der Waals surface area (Å²) in [6.45, 7) is 0. The van der Waals surface area contributed by atoms with Gasteiger partial charge in [0.05, 0.1) is 16.2 Å². The highest BCUT2D eigenvalue weighted by molar-refractivity contribution is 7.71. The zero-order valence-corrected chi connectivity index (χ0v) is 15.8. The van der Waals surface area contributed by atoms with Gasteiger partial charge in [0, 0.05) is 22.2 Å². The van der Waals surface area contributed by atoms with E-state index in [4.69, 9.17) is 47.0 Å². The molecule has 0 unspecified atom stereocenters. The first-order valence-electron chi connectivity index (χ1n) is 6.98. The number of rotatable bonds is 4. The lowest BCUT2D eigenvalue weighted by molar-refractivity contribution is -0.384. The second-order valence-corrected chi connectivity index (χ2v) is 6.64. The van der Waals surface area contributed by atoms with Gasteiger partial charge in [-0.15, -0.1) is 0 Å². The molecule has 0 atom stereocenters. The van der Waals surface area contributed by atoms with Crippen molar-refractivity contribution in [2.45, 2.75) is 0 Å². The molecule has 1 heterocycles. The first-order chi connectivity index (χ1) is 12.4. The van der Waals surface area contributed by atoms with Crippen molar-refractivity contribution in [1.82, 2.24) is 14.9 Å². The normalized spacial score (nSPS) is 11.2. The van der Waals surface area contributed by atoms with E-state index >= 15 is 0 Å². The van der Waals surface area contributed by atoms with E-state index in [1.807, 2.05) is 0 Å². The van der Waals surface area contributed by atoms with Crippen LogP contribution in [-0.4, -0.2) is 26.0 Å². The van der Waals surface area contributed by atoms with Crippen molar-refractivity contribution >= 4 is 58.9 Å². The molecule has 0 fully saturated rings. The highest BCUT2D eigenvalue weighted by atomic mass is 35.5. The van der Waals surface area contributed by atoms with Gasteiger partial charge in [-0.2, -0.15) is 14.9 Å². The lowest BCUT2D eigenvalue weighted by Crippen LogP contribution is -1.96. The van der Waals surface area contributed by atoms with Crippen molar-refractivity contribution in [3.63, 3.8) is 0 Å². The molecule has 0 aliphatic carbocycles. The Bertz CT molecular complexity index is 1090. The molecule has 0 amide bonds. The number of nitrogens with one attached hydrogen (secondary N) is 1. The van der Waals surface area contributed by atoms with E-state index in [-0.39, 0.29) is 15.5 Å². The highest BCUT2D eigenvalue weighted by Crippen LogP contribution is 2.29. The van der Waals surface area contributed by atoms with E-state index in [9.17, 15) is 10.1 Å². The van der Waals surface area contributed by atoms with Crippen LogP contribution in [0.4, 0.5) is 5.69 Å². The minimum Gasteiger partial charge on any atom is -0.258 e. The number of nitro groups is 1. The van der Waals surface area contributed by atoms with E-state index in [1.165, 1.54) is 23.0 Å². The Hall–Kier alpha value is -2.26. The maximum Gasteiger partial charge on any atom is 0.288 e. The molecule has 0 saturated heterocycles. The Morgan fingerprint density at radius 1 is 1.19 bits per heavy atom. The van der Waals surface area contributed by atoms with Crippen LogP contribution in [0.5, 0.6) is 0 Å². The van der Waals surface area contributed by atoms with Crippen LogP contribution in [0.2, 0.25) is 15.1 Å². The second kappa shape index (κ2) is 7.55. The van der Waals surface area contributed by atoms with Crippen LogP contribution in [0.1, 0.15) is 5.56 Å². The molecule has 0 spiro atoms. The standard InChI is InChI=1S/C15H8Cl3N5O2S/c16-9-2-3-10(12(18)6-9)14-20-21-15(26)22(14)19-7-8-1-4-11(17)13(5-8)23(24)25/h1-7H,(H,21,26)/b19-7+. The fourth-order valence-electron chi connectivity index (χ4n) is 2.12. The number of nitrogens with zero attached hydrogens (tertiary/aromatic N) is 4. The Labute approximate surface area is 167 Å². The lowest BCUT2D eigenvalue weighted by Gasteiger charge is -2.04. The van der Waals surface area contributed by atoms with Crippen molar-refractivity contribution in [1.29, 1.82) is 0 Å². The zero-order valence-electron chi connectivity index (χ0n) is 12.7. The van der Waals surface area contributed by atoms with Gasteiger partial charge in [-0.05, 0) is 36.5 Å². The number of aromatic amines is 1. The van der Waals surface area contributed by atoms with Gasteiger partial charge in [0.15, 0.2) is 5.82 Å². The summed E-state index contributed by atoms with van der Waals surface area (Å²) in [6.07, 6.45) is 1.40. The number of aromatic nitrogens is 3. The van der Waals surface area contributed by atoms with E-state index < -0.39 is 4.92 Å². The molecule has 0 aliphatic heterocycles. The smallest absolute Gasteiger partial charge is 0.258 e. The molecule has 3 rings (SSSR count). The Morgan fingerprint density at radius 3 is 2.65 bits per heavy atom. The van der Waals surface area contributed by atoms with E-state index in [0.717, 1.165) is 0 Å². The van der Waals surface area contributed by atoms with Gasteiger partial charge in [-0.3, -0.25) is 10.1 Å². The summed E-state index contributed by atoms with van der Waals surface area (Å²) >= 11 is 23.1. The molecular weight excluding hydrogens is 421 g/mol. The number of nitro benzene ring substituents is 1. The number of hydrogen-bond donors (Lipinski definition) is 1. The molecule has 11 heteroatoms. The molecule has 2 aromatic carbocycles. The molecule has 0 saturated carbocycles. The predicted molar refractivity (Wildman–Crippen MR) is 104 cm³/mol. The highest BCUT2D eigenvalue weighted by Gasteiger charge is 2.14. The fourth-order valence-corrected chi connectivity index (χ4v) is 2.98. The Kier molecular flexibility index (Phi) is 5.38. The first kappa shape index (κ1) is 18.5. The Balaban J connectivity index is 2.03. The van der Waals surface area contributed by atoms with E-state index in [2.05, 4.69) is 15.3 Å². The number of halogens is 3. The van der Waals surface area contributed by atoms with E-state index in [0.29, 0.717) is 27.0 Å². The zero-order chi connectivity index (χ0) is 18.8. The topological polar surface area (TPSA) is 89.1 Å². The summed E-state index contributed by atoms with van der Waals surface area (Å²) in [5.41, 5.74) is 0.826. The minimum absolute atomic E-state index is 0.0423. The van der Waals surface area contributed by atoms with Crippen LogP contribution < -0.4 is 0 Å². The van der Waals surface area contributed by atoms with Crippen LogP contribution in [0.25, 0.3) is 11.4 Å². The van der Waals surface area contributed by atoms with Crippen LogP contribution in [-0.2, 0) is 0 Å². The van der Waals surface area contributed by atoms with Crippen LogP contribution >= 0.6 is 47.0 Å². The quantitative estimate of drug-likeness (QED) is 0.262. The van der Waals surface area contributed by atoms with Gasteiger partial charge in [0.1, 0.15) is 5.02 Å². The number of hydrogen-bond acceptors (Lipinski definition) is 5. The molecule has 132 valence electrons. The van der Waals surface area contributed by atoms with Gasteiger partial charge in [-0.1, -0.05) is 40.9 Å². The molecule has 1 aromatic heterocycles. The number of benzene rings is 2. The third kappa shape index (κ3) is 3.78. The second-order valence-electron chi connectivity index (χ2n) is 5.00. The van der Waals surface area contributed by atoms with Crippen molar-refractivity contribution in [2.75, 3.05) is 0 Å². The van der Waals surface area contributed by atoms with Crippen molar-refractivity contribution < 1.29 is 4.92 Å². The van der Waals surface area contributed by atoms with Crippen molar-refractivity contribution in [2.24, 2.45) is 5.10 Å². The summed E-state index contributed by atoms with van der Waals surface area (Å²) in [7, 11) is 0. The lowest BCUT2D eigenvalue weighted by atomic mass is 10.2. The first-order valence-corrected chi connectivity index (χ1v) is 8.52. The largest absolute Gasteiger partial charge is 0.288 e. The van der Waals surface area contributed by atoms with Gasteiger partial charge in [0.2, 0.25) is 4.77 Å². The molecule has 3 aromatic rings. The van der Waals surface area contributed by atoms with Gasteiger partial charge < -0.3 is 0 Å². The van der Waals surface area contributed by atoms with Crippen LogP contribution in [0.3, 0.4) is 0 Å². The SMILES string of the molecule is O=[N+]([O-])c1cc(/C=N/n2c(-c3ccc(Cl)cc3Cl)n[nH]c2=S)ccc1Cl. The molecular formula is C15H8Cl3N5O2S. The molecule has 0 aliphatic rings. The summed E-state index contributed by atoms with van der Waals surface area (Å²) in [5.74, 6) is 0.372. The molecule has 7 nitrogen and oxygen atoms in total. The van der Waals surface area contributed by atoms with Crippen molar-refractivity contribution in [3.8, 4) is 11.4 Å². The summed E-state index contributed by atoms with van der Waals surface area (Å²) in [5, 5.41) is 22.9. The maximum atomic E-state index is 11.0. The summed E-state index contributed by atoms with van der Waals surface area (Å²) in [6, 6.07) is 9.26. The maximum absolute atomic E-state index is 11.0. The summed E-state index contributed by atoms with van der Waals surface area (Å²) < 4.78 is 1.58. The molecule has 26 heavy (non-hydrogen) atoms. The molecule has 0 bridgehead atoms. The molecule has 0 radical (unpaired) electrons. The average Bonchev–Trinajstić information content (AvgIpc) is 2.94. The monoisotopic (exact) mass is 427 g/mol. The summed E-state index contributed by atoms with van der Waals surface area (Å²) in [4.78, 5) is 10.4. The van der Waals surface area contributed by atoms with Crippen LogP contribution in [0.15, 0.2) is 41.5 Å². The predicted octanol–water partition coefficient (Wildman–Crippen LogP) is 5.36. The van der Waals surface area contributed by atoms with Crippen molar-refractivity contribution in [3.05, 3.63) is 71.9 Å². The van der Waals surface area contributed by atoms with Gasteiger partial charge >= 0.3 is 0 Å². The third-order valence-electron chi connectivity index (χ3n) is 3.31. The number of H-pyrrole nitrogens is 1. The average molecular weight is 429 g/mol. The van der Waals surface area contributed by atoms with Crippen LogP contribution in [0, 0.1) is 14.9 Å². The van der Waals surface area contributed by atoms with Gasteiger partial charge in [0.25, 0.3) is 5.69 Å². The van der Waals surface area contributed by atoms with E-state index in [1.54, 1.807) is 24.3 Å². The van der Waals surface area contributed by atoms with Gasteiger partial charge in [-0.25, -0.2) is 5.10 Å². The fraction of sp³-hybridized carbons (Fsp3) is 0. The third-order valence-corrected chi connectivity index (χ3v) is 4.44. The minimum atomic E-state index is -0.567. The molecule has 1 N–H and O–H groups in total. The Morgan fingerprint density at radius 2 is 1.96 bits per heavy atom.